The molecule has 0 radical (unpaired) electrons. The number of ether oxygens (including phenoxy) is 1. The van der Waals surface area contributed by atoms with Gasteiger partial charge in [0.2, 0.25) is 0 Å². The fourth-order valence-electron chi connectivity index (χ4n) is 5.26. The first-order valence-electron chi connectivity index (χ1n) is 14.6. The van der Waals surface area contributed by atoms with E-state index in [0.29, 0.717) is 23.6 Å². The topological polar surface area (TPSA) is 123 Å². The molecule has 0 aromatic heterocycles. The maximum Gasteiger partial charge on any atom is 0.323 e. The van der Waals surface area contributed by atoms with Crippen molar-refractivity contribution in [2.75, 3.05) is 42.7 Å². The highest BCUT2D eigenvalue weighted by Crippen LogP contribution is 2.35. The van der Waals surface area contributed by atoms with Crippen molar-refractivity contribution in [1.29, 1.82) is 0 Å². The van der Waals surface area contributed by atoms with Gasteiger partial charge in [-0.25, -0.2) is 9.59 Å². The van der Waals surface area contributed by atoms with Gasteiger partial charge in [-0.1, -0.05) is 67.6 Å². The van der Waals surface area contributed by atoms with E-state index in [2.05, 4.69) is 16.0 Å². The van der Waals surface area contributed by atoms with Crippen LogP contribution in [0.5, 0.6) is 5.75 Å². The van der Waals surface area contributed by atoms with Crippen molar-refractivity contribution in [3.63, 3.8) is 0 Å². The number of urea groups is 2. The third kappa shape index (κ3) is 6.76. The first kappa shape index (κ1) is 30.4. The number of amides is 5. The van der Waals surface area contributed by atoms with Crippen LogP contribution in [0, 0.1) is 5.92 Å². The molecule has 4 aromatic rings. The second kappa shape index (κ2) is 13.5. The molecule has 3 atom stereocenters. The SMILES string of the molecule is C[C@H](CO)N1C[C@H](C)[C@H](CN(C)C(=O)Nc2ccccc2)Oc2c(NC(=O)Nc3cccc4ccccc34)cccc2C1=O. The summed E-state index contributed by atoms with van der Waals surface area (Å²) in [5, 5.41) is 20.5. The maximum atomic E-state index is 13.8. The predicted octanol–water partition coefficient (Wildman–Crippen LogP) is 5.87. The van der Waals surface area contributed by atoms with E-state index in [9.17, 15) is 19.5 Å². The molecule has 0 saturated carbocycles. The molecule has 10 nitrogen and oxygen atoms in total. The standard InChI is InChI=1S/C34H37N5O5/c1-22-19-39(23(2)21-40)32(41)27-16-10-18-29(37-33(42)36-28-17-9-12-24-11-7-8-15-26(24)28)31(27)44-30(22)20-38(3)34(43)35-25-13-5-4-6-14-25/h4-18,22-23,30,40H,19-21H2,1-3H3,(H,35,43)(H2,36,37,42)/t22-,23+,30-/m0/s1. The van der Waals surface area contributed by atoms with Gasteiger partial charge in [-0.2, -0.15) is 0 Å². The molecule has 0 fully saturated rings. The lowest BCUT2D eigenvalue weighted by molar-refractivity contribution is 0.0373. The summed E-state index contributed by atoms with van der Waals surface area (Å²) < 4.78 is 6.53. The monoisotopic (exact) mass is 595 g/mol. The van der Waals surface area contributed by atoms with E-state index < -0.39 is 18.2 Å². The van der Waals surface area contributed by atoms with Crippen LogP contribution < -0.4 is 20.7 Å². The second-order valence-electron chi connectivity index (χ2n) is 11.1. The quantitative estimate of drug-likeness (QED) is 0.213. The summed E-state index contributed by atoms with van der Waals surface area (Å²) >= 11 is 0. The van der Waals surface area contributed by atoms with E-state index in [4.69, 9.17) is 4.74 Å². The molecule has 10 heteroatoms. The molecule has 5 rings (SSSR count). The second-order valence-corrected chi connectivity index (χ2v) is 11.1. The number of fused-ring (bicyclic) bond motifs is 2. The third-order valence-corrected chi connectivity index (χ3v) is 7.80. The number of hydrogen-bond donors (Lipinski definition) is 4. The van der Waals surface area contributed by atoms with Crippen molar-refractivity contribution in [2.24, 2.45) is 5.92 Å². The van der Waals surface area contributed by atoms with Crippen LogP contribution >= 0.6 is 0 Å². The zero-order valence-electron chi connectivity index (χ0n) is 25.0. The Morgan fingerprint density at radius 1 is 0.932 bits per heavy atom. The van der Waals surface area contributed by atoms with Crippen molar-refractivity contribution in [2.45, 2.75) is 26.0 Å². The minimum Gasteiger partial charge on any atom is -0.485 e. The van der Waals surface area contributed by atoms with Gasteiger partial charge in [0, 0.05) is 30.6 Å². The van der Waals surface area contributed by atoms with Gasteiger partial charge in [-0.05, 0) is 42.6 Å². The zero-order chi connectivity index (χ0) is 31.2. The number of aliphatic hydroxyl groups excluding tert-OH is 1. The Labute approximate surface area is 256 Å². The van der Waals surface area contributed by atoms with Gasteiger partial charge < -0.3 is 35.6 Å². The number of hydrogen-bond acceptors (Lipinski definition) is 5. The molecule has 5 amide bonds. The van der Waals surface area contributed by atoms with Gasteiger partial charge in [0.05, 0.1) is 36.1 Å². The Kier molecular flexibility index (Phi) is 9.30. The summed E-state index contributed by atoms with van der Waals surface area (Å²) in [5.41, 5.74) is 1.86. The number of carbonyl (C=O) groups is 3. The molecule has 4 N–H and O–H groups in total. The van der Waals surface area contributed by atoms with Crippen LogP contribution in [0.2, 0.25) is 0 Å². The summed E-state index contributed by atoms with van der Waals surface area (Å²) in [7, 11) is 1.68. The van der Waals surface area contributed by atoms with Crippen molar-refractivity contribution in [3.05, 3.63) is 96.6 Å². The highest BCUT2D eigenvalue weighted by molar-refractivity contribution is 6.08. The zero-order valence-corrected chi connectivity index (χ0v) is 25.0. The van der Waals surface area contributed by atoms with Crippen molar-refractivity contribution in [3.8, 4) is 5.75 Å². The van der Waals surface area contributed by atoms with E-state index in [1.807, 2.05) is 67.6 Å². The molecule has 0 spiro atoms. The smallest absolute Gasteiger partial charge is 0.323 e. The highest BCUT2D eigenvalue weighted by atomic mass is 16.5. The first-order valence-corrected chi connectivity index (χ1v) is 14.6. The van der Waals surface area contributed by atoms with Crippen molar-refractivity contribution < 1.29 is 24.2 Å². The molecule has 1 heterocycles. The number of nitrogens with one attached hydrogen (secondary N) is 3. The minimum absolute atomic E-state index is 0.200. The van der Waals surface area contributed by atoms with Gasteiger partial charge in [-0.3, -0.25) is 4.79 Å². The Morgan fingerprint density at radius 3 is 2.36 bits per heavy atom. The van der Waals surface area contributed by atoms with Gasteiger partial charge in [-0.15, -0.1) is 0 Å². The fourth-order valence-corrected chi connectivity index (χ4v) is 5.26. The lowest BCUT2D eigenvalue weighted by atomic mass is 9.99. The van der Waals surface area contributed by atoms with Crippen LogP contribution in [-0.2, 0) is 0 Å². The van der Waals surface area contributed by atoms with Gasteiger partial charge in [0.15, 0.2) is 5.75 Å². The summed E-state index contributed by atoms with van der Waals surface area (Å²) in [5.74, 6) is -0.347. The van der Waals surface area contributed by atoms with E-state index in [0.717, 1.165) is 10.8 Å². The lowest BCUT2D eigenvalue weighted by Crippen LogP contribution is -2.50. The Morgan fingerprint density at radius 2 is 1.59 bits per heavy atom. The number of nitrogens with zero attached hydrogens (tertiary/aromatic N) is 2. The average molecular weight is 596 g/mol. The Balaban J connectivity index is 1.43. The molecule has 0 unspecified atom stereocenters. The van der Waals surface area contributed by atoms with Crippen LogP contribution in [0.3, 0.4) is 0 Å². The van der Waals surface area contributed by atoms with Crippen LogP contribution in [0.25, 0.3) is 10.8 Å². The van der Waals surface area contributed by atoms with Gasteiger partial charge in [0.25, 0.3) is 5.91 Å². The number of anilines is 3. The number of likely N-dealkylation sites (N-methyl/N-ethyl adjacent to an activating group) is 1. The van der Waals surface area contributed by atoms with E-state index >= 15 is 0 Å². The van der Waals surface area contributed by atoms with E-state index in [-0.39, 0.29) is 42.3 Å². The largest absolute Gasteiger partial charge is 0.485 e. The molecular formula is C34H37N5O5. The molecule has 1 aliphatic rings. The highest BCUT2D eigenvalue weighted by Gasteiger charge is 2.35. The normalized spacial score (nSPS) is 17.0. The van der Waals surface area contributed by atoms with Crippen LogP contribution in [0.4, 0.5) is 26.7 Å². The average Bonchev–Trinajstić information content (AvgIpc) is 3.03. The lowest BCUT2D eigenvalue weighted by Gasteiger charge is -2.38. The van der Waals surface area contributed by atoms with Crippen molar-refractivity contribution in [1.82, 2.24) is 9.80 Å². The van der Waals surface area contributed by atoms with E-state index in [1.165, 1.54) is 4.90 Å². The molecule has 228 valence electrons. The minimum atomic E-state index is -0.550. The molecule has 44 heavy (non-hydrogen) atoms. The Hall–Kier alpha value is -5.09. The van der Waals surface area contributed by atoms with Gasteiger partial charge in [0.1, 0.15) is 6.10 Å². The molecule has 1 aliphatic heterocycles. The van der Waals surface area contributed by atoms with Crippen LogP contribution in [-0.4, -0.2) is 71.8 Å². The maximum absolute atomic E-state index is 13.8. The van der Waals surface area contributed by atoms with Gasteiger partial charge >= 0.3 is 12.1 Å². The number of carbonyl (C=O) groups excluding carboxylic acids is 3. The fraction of sp³-hybridized carbons (Fsp3) is 0.265. The number of rotatable bonds is 7. The summed E-state index contributed by atoms with van der Waals surface area (Å²) in [6, 6.07) is 26.3. The number of benzene rings is 4. The predicted molar refractivity (Wildman–Crippen MR) is 172 cm³/mol. The van der Waals surface area contributed by atoms with E-state index in [1.54, 1.807) is 49.2 Å². The Bertz CT molecular complexity index is 1640. The molecule has 0 saturated heterocycles. The molecular weight excluding hydrogens is 558 g/mol. The number of para-hydroxylation sites is 2. The van der Waals surface area contributed by atoms with Crippen LogP contribution in [0.1, 0.15) is 24.2 Å². The summed E-state index contributed by atoms with van der Waals surface area (Å²) in [4.78, 5) is 43.2. The summed E-state index contributed by atoms with van der Waals surface area (Å²) in [6.07, 6.45) is -0.550. The third-order valence-electron chi connectivity index (χ3n) is 7.80. The molecule has 0 aliphatic carbocycles. The van der Waals surface area contributed by atoms with Crippen molar-refractivity contribution >= 4 is 45.8 Å². The number of aliphatic hydroxyl groups is 1. The summed E-state index contributed by atoms with van der Waals surface area (Å²) in [6.45, 7) is 4.00. The van der Waals surface area contributed by atoms with Crippen LogP contribution in [0.15, 0.2) is 91.0 Å². The molecule has 0 bridgehead atoms. The first-order chi connectivity index (χ1) is 21.2. The molecule has 4 aromatic carbocycles.